The van der Waals surface area contributed by atoms with Crippen molar-refractivity contribution in [3.63, 3.8) is 0 Å². The fraction of sp³-hybridized carbons (Fsp3) is 1.00. The molecule has 0 aromatic heterocycles. The summed E-state index contributed by atoms with van der Waals surface area (Å²) in [5.41, 5.74) is 0.488. The number of piperidine rings is 1. The first-order valence-corrected chi connectivity index (χ1v) is 7.24. The maximum atomic E-state index is 3.86. The van der Waals surface area contributed by atoms with E-state index < -0.39 is 0 Å². The molecule has 82 valence electrons. The summed E-state index contributed by atoms with van der Waals surface area (Å²) in [5, 5.41) is 3.86. The first-order chi connectivity index (χ1) is 6.76. The zero-order chi connectivity index (χ0) is 10.0. The lowest BCUT2D eigenvalue weighted by Gasteiger charge is -2.46. The smallest absolute Gasteiger partial charge is 0.0240 e. The first-order valence-electron chi connectivity index (χ1n) is 6.08. The van der Waals surface area contributed by atoms with E-state index in [1.807, 2.05) is 0 Å². The number of hydrogen-bond donors (Lipinski definition) is 1. The number of thioether (sulfide) groups is 1. The summed E-state index contributed by atoms with van der Waals surface area (Å²) in [6.45, 7) is 6.06. The van der Waals surface area contributed by atoms with E-state index in [1.165, 1.54) is 43.7 Å². The first kappa shape index (κ1) is 10.8. The highest BCUT2D eigenvalue weighted by atomic mass is 32.2. The predicted molar refractivity (Wildman–Crippen MR) is 64.9 cm³/mol. The van der Waals surface area contributed by atoms with Gasteiger partial charge in [-0.1, -0.05) is 20.3 Å². The Balaban J connectivity index is 2.11. The Hall–Kier alpha value is 0.310. The molecule has 0 spiro atoms. The molecule has 2 heterocycles. The fourth-order valence-corrected chi connectivity index (χ4v) is 4.57. The van der Waals surface area contributed by atoms with Crippen LogP contribution in [0.15, 0.2) is 0 Å². The Morgan fingerprint density at radius 2 is 2.21 bits per heavy atom. The Kier molecular flexibility index (Phi) is 3.43. The standard InChI is InChI=1S/C12H23NS/c1-10(2)12(6-3-4-7-13-12)11-5-8-14-9-11/h10-11,13H,3-9H2,1-2H3. The van der Waals surface area contributed by atoms with Crippen molar-refractivity contribution in [2.45, 2.75) is 45.1 Å². The maximum Gasteiger partial charge on any atom is 0.0240 e. The highest BCUT2D eigenvalue weighted by Gasteiger charge is 2.43. The van der Waals surface area contributed by atoms with Crippen LogP contribution in [0, 0.1) is 11.8 Å². The van der Waals surface area contributed by atoms with Gasteiger partial charge in [-0.05, 0) is 49.1 Å². The number of rotatable bonds is 2. The average Bonchev–Trinajstić information content (AvgIpc) is 2.72. The summed E-state index contributed by atoms with van der Waals surface area (Å²) in [6.07, 6.45) is 5.67. The van der Waals surface area contributed by atoms with Gasteiger partial charge in [-0.2, -0.15) is 11.8 Å². The molecule has 2 heteroatoms. The van der Waals surface area contributed by atoms with Crippen LogP contribution in [-0.4, -0.2) is 23.6 Å². The predicted octanol–water partition coefficient (Wildman–Crippen LogP) is 2.91. The molecule has 0 saturated carbocycles. The molecule has 14 heavy (non-hydrogen) atoms. The van der Waals surface area contributed by atoms with Crippen LogP contribution in [0.25, 0.3) is 0 Å². The van der Waals surface area contributed by atoms with E-state index in [0.29, 0.717) is 5.54 Å². The van der Waals surface area contributed by atoms with Gasteiger partial charge in [0.05, 0.1) is 0 Å². The van der Waals surface area contributed by atoms with Crippen molar-refractivity contribution >= 4 is 11.8 Å². The van der Waals surface area contributed by atoms with Gasteiger partial charge in [-0.15, -0.1) is 0 Å². The van der Waals surface area contributed by atoms with Crippen LogP contribution in [0.1, 0.15) is 39.5 Å². The summed E-state index contributed by atoms with van der Waals surface area (Å²) in [5.74, 6) is 4.52. The topological polar surface area (TPSA) is 12.0 Å². The van der Waals surface area contributed by atoms with E-state index in [1.54, 1.807) is 0 Å². The molecule has 2 unspecified atom stereocenters. The van der Waals surface area contributed by atoms with Gasteiger partial charge in [0, 0.05) is 5.54 Å². The second-order valence-electron chi connectivity index (χ2n) is 5.14. The van der Waals surface area contributed by atoms with Crippen molar-refractivity contribution in [1.82, 2.24) is 5.32 Å². The largest absolute Gasteiger partial charge is 0.311 e. The van der Waals surface area contributed by atoms with Crippen LogP contribution in [0.3, 0.4) is 0 Å². The minimum Gasteiger partial charge on any atom is -0.311 e. The molecular weight excluding hydrogens is 190 g/mol. The average molecular weight is 213 g/mol. The summed E-state index contributed by atoms with van der Waals surface area (Å²) in [6, 6.07) is 0. The van der Waals surface area contributed by atoms with E-state index in [0.717, 1.165) is 11.8 Å². The van der Waals surface area contributed by atoms with Crippen LogP contribution >= 0.6 is 11.8 Å². The van der Waals surface area contributed by atoms with Crippen molar-refractivity contribution in [3.8, 4) is 0 Å². The van der Waals surface area contributed by atoms with Gasteiger partial charge in [0.15, 0.2) is 0 Å². The molecule has 2 aliphatic rings. The molecule has 1 nitrogen and oxygen atoms in total. The maximum absolute atomic E-state index is 3.86. The van der Waals surface area contributed by atoms with E-state index >= 15 is 0 Å². The van der Waals surface area contributed by atoms with E-state index in [9.17, 15) is 0 Å². The highest BCUT2D eigenvalue weighted by molar-refractivity contribution is 7.99. The van der Waals surface area contributed by atoms with Crippen molar-refractivity contribution in [2.24, 2.45) is 11.8 Å². The highest BCUT2D eigenvalue weighted by Crippen LogP contribution is 2.41. The van der Waals surface area contributed by atoms with Crippen LogP contribution in [-0.2, 0) is 0 Å². The second kappa shape index (κ2) is 4.44. The lowest BCUT2D eigenvalue weighted by atomic mass is 9.70. The molecule has 0 aromatic rings. The van der Waals surface area contributed by atoms with Crippen molar-refractivity contribution in [3.05, 3.63) is 0 Å². The van der Waals surface area contributed by atoms with Crippen molar-refractivity contribution < 1.29 is 0 Å². The van der Waals surface area contributed by atoms with Crippen LogP contribution in [0.2, 0.25) is 0 Å². The van der Waals surface area contributed by atoms with Gasteiger partial charge in [0.2, 0.25) is 0 Å². The third-order valence-electron chi connectivity index (χ3n) is 4.16. The van der Waals surface area contributed by atoms with Gasteiger partial charge in [-0.3, -0.25) is 0 Å². The Labute approximate surface area is 92.4 Å². The van der Waals surface area contributed by atoms with Crippen LogP contribution in [0.4, 0.5) is 0 Å². The zero-order valence-corrected chi connectivity index (χ0v) is 10.3. The molecule has 2 aliphatic heterocycles. The third kappa shape index (κ3) is 1.83. The molecule has 0 aliphatic carbocycles. The van der Waals surface area contributed by atoms with Gasteiger partial charge in [-0.25, -0.2) is 0 Å². The molecule has 1 N–H and O–H groups in total. The van der Waals surface area contributed by atoms with Crippen LogP contribution < -0.4 is 5.32 Å². The van der Waals surface area contributed by atoms with Gasteiger partial charge < -0.3 is 5.32 Å². The summed E-state index contributed by atoms with van der Waals surface area (Å²) in [7, 11) is 0. The van der Waals surface area contributed by atoms with Crippen molar-refractivity contribution in [2.75, 3.05) is 18.1 Å². The molecular formula is C12H23NS. The fourth-order valence-electron chi connectivity index (χ4n) is 3.21. The van der Waals surface area contributed by atoms with Gasteiger partial charge in [0.25, 0.3) is 0 Å². The van der Waals surface area contributed by atoms with E-state index in [2.05, 4.69) is 30.9 Å². The molecule has 0 bridgehead atoms. The van der Waals surface area contributed by atoms with Gasteiger partial charge >= 0.3 is 0 Å². The summed E-state index contributed by atoms with van der Waals surface area (Å²) < 4.78 is 0. The van der Waals surface area contributed by atoms with Gasteiger partial charge in [0.1, 0.15) is 0 Å². The number of nitrogens with one attached hydrogen (secondary N) is 1. The van der Waals surface area contributed by atoms with E-state index in [-0.39, 0.29) is 0 Å². The monoisotopic (exact) mass is 213 g/mol. The quantitative estimate of drug-likeness (QED) is 0.757. The minimum atomic E-state index is 0.488. The lowest BCUT2D eigenvalue weighted by molar-refractivity contribution is 0.118. The number of hydrogen-bond acceptors (Lipinski definition) is 2. The zero-order valence-electron chi connectivity index (χ0n) is 9.51. The lowest BCUT2D eigenvalue weighted by Crippen LogP contribution is -2.57. The Morgan fingerprint density at radius 1 is 1.36 bits per heavy atom. The second-order valence-corrected chi connectivity index (χ2v) is 6.29. The minimum absolute atomic E-state index is 0.488. The molecule has 0 radical (unpaired) electrons. The summed E-state index contributed by atoms with van der Waals surface area (Å²) >= 11 is 2.15. The van der Waals surface area contributed by atoms with Crippen molar-refractivity contribution in [1.29, 1.82) is 0 Å². The summed E-state index contributed by atoms with van der Waals surface area (Å²) in [4.78, 5) is 0. The molecule has 2 saturated heterocycles. The van der Waals surface area contributed by atoms with E-state index in [4.69, 9.17) is 0 Å². The normalized spacial score (nSPS) is 39.2. The molecule has 0 amide bonds. The molecule has 2 atom stereocenters. The van der Waals surface area contributed by atoms with Crippen LogP contribution in [0.5, 0.6) is 0 Å². The molecule has 2 rings (SSSR count). The third-order valence-corrected chi connectivity index (χ3v) is 5.32. The molecule has 0 aromatic carbocycles. The molecule has 2 fully saturated rings. The Morgan fingerprint density at radius 3 is 2.71 bits per heavy atom. The SMILES string of the molecule is CC(C)C1(C2CCSC2)CCCCN1. The Bertz CT molecular complexity index is 179.